The van der Waals surface area contributed by atoms with Crippen molar-refractivity contribution >= 4 is 11.6 Å². The minimum atomic E-state index is 0.0617. The van der Waals surface area contributed by atoms with Crippen molar-refractivity contribution in [2.45, 2.75) is 39.7 Å². The van der Waals surface area contributed by atoms with Crippen molar-refractivity contribution in [1.82, 2.24) is 10.3 Å². The fraction of sp³-hybridized carbons (Fsp3) is 0.571. The number of nitrogens with zero attached hydrogens (tertiary/aromatic N) is 1. The third-order valence-electron chi connectivity index (χ3n) is 2.91. The zero-order valence-corrected chi connectivity index (χ0v) is 12.1. The van der Waals surface area contributed by atoms with E-state index in [2.05, 4.69) is 15.6 Å². The first-order chi connectivity index (χ1) is 9.06. The van der Waals surface area contributed by atoms with Crippen LogP contribution in [0.25, 0.3) is 0 Å². The van der Waals surface area contributed by atoms with E-state index >= 15 is 0 Å². The molecule has 0 aromatic carbocycles. The second-order valence-corrected chi connectivity index (χ2v) is 4.58. The molecule has 0 aliphatic rings. The Morgan fingerprint density at radius 2 is 2.26 bits per heavy atom. The highest BCUT2D eigenvalue weighted by atomic mass is 16.5. The maximum absolute atomic E-state index is 11.6. The summed E-state index contributed by atoms with van der Waals surface area (Å²) < 4.78 is 5.21. The van der Waals surface area contributed by atoms with Gasteiger partial charge in [0.05, 0.1) is 19.0 Å². The molecule has 1 amide bonds. The third kappa shape index (κ3) is 5.16. The van der Waals surface area contributed by atoms with Crippen molar-refractivity contribution in [3.8, 4) is 5.75 Å². The summed E-state index contributed by atoms with van der Waals surface area (Å²) in [4.78, 5) is 15.8. The summed E-state index contributed by atoms with van der Waals surface area (Å²) in [6.45, 7) is 6.54. The number of rotatable bonds is 7. The van der Waals surface area contributed by atoms with E-state index in [1.165, 1.54) is 0 Å². The monoisotopic (exact) mass is 265 g/mol. The van der Waals surface area contributed by atoms with Crippen molar-refractivity contribution in [3.05, 3.63) is 18.0 Å². The Labute approximate surface area is 114 Å². The van der Waals surface area contributed by atoms with Gasteiger partial charge in [-0.25, -0.2) is 0 Å². The van der Waals surface area contributed by atoms with Crippen LogP contribution in [0.4, 0.5) is 5.69 Å². The van der Waals surface area contributed by atoms with Crippen LogP contribution in [-0.4, -0.2) is 30.6 Å². The molecule has 0 aliphatic heterocycles. The molecule has 5 heteroatoms. The topological polar surface area (TPSA) is 63.2 Å². The van der Waals surface area contributed by atoms with Crippen molar-refractivity contribution in [2.24, 2.45) is 0 Å². The van der Waals surface area contributed by atoms with E-state index in [9.17, 15) is 4.79 Å². The number of hydrogen-bond acceptors (Lipinski definition) is 4. The lowest BCUT2D eigenvalue weighted by Crippen LogP contribution is -2.32. The summed E-state index contributed by atoms with van der Waals surface area (Å²) in [6.07, 6.45) is 3.06. The highest BCUT2D eigenvalue weighted by Crippen LogP contribution is 2.23. The van der Waals surface area contributed by atoms with Crippen LogP contribution in [-0.2, 0) is 4.79 Å². The number of anilines is 1. The molecule has 106 valence electrons. The Balaban J connectivity index is 2.44. The molecule has 0 radical (unpaired) electrons. The van der Waals surface area contributed by atoms with Crippen LogP contribution >= 0.6 is 0 Å². The minimum Gasteiger partial charge on any atom is -0.493 e. The van der Waals surface area contributed by atoms with E-state index < -0.39 is 0 Å². The quantitative estimate of drug-likeness (QED) is 0.792. The Morgan fingerprint density at radius 1 is 1.53 bits per heavy atom. The molecule has 1 aromatic heterocycles. The number of aryl methyl sites for hydroxylation is 1. The molecule has 1 atom stereocenters. The van der Waals surface area contributed by atoms with Gasteiger partial charge < -0.3 is 15.4 Å². The van der Waals surface area contributed by atoms with Gasteiger partial charge in [-0.1, -0.05) is 6.92 Å². The van der Waals surface area contributed by atoms with Crippen LogP contribution in [0.5, 0.6) is 5.75 Å². The summed E-state index contributed by atoms with van der Waals surface area (Å²) in [6, 6.07) is 2.14. The second kappa shape index (κ2) is 7.61. The van der Waals surface area contributed by atoms with E-state index in [-0.39, 0.29) is 11.9 Å². The largest absolute Gasteiger partial charge is 0.493 e. The van der Waals surface area contributed by atoms with Crippen molar-refractivity contribution in [2.75, 3.05) is 19.0 Å². The van der Waals surface area contributed by atoms with Gasteiger partial charge in [-0.2, -0.15) is 0 Å². The number of carbonyl (C=O) groups is 1. The highest BCUT2D eigenvalue weighted by molar-refractivity contribution is 5.76. The first-order valence-electron chi connectivity index (χ1n) is 6.60. The van der Waals surface area contributed by atoms with Crippen molar-refractivity contribution in [3.63, 3.8) is 0 Å². The number of aromatic nitrogens is 1. The molecule has 1 rings (SSSR count). The van der Waals surface area contributed by atoms with Crippen LogP contribution in [0, 0.1) is 6.92 Å². The summed E-state index contributed by atoms with van der Waals surface area (Å²) in [5.74, 6) is 0.750. The number of hydrogen-bond donors (Lipinski definition) is 2. The van der Waals surface area contributed by atoms with Crippen LogP contribution in [0.1, 0.15) is 32.4 Å². The predicted molar refractivity (Wildman–Crippen MR) is 76.5 cm³/mol. The molecule has 0 bridgehead atoms. The van der Waals surface area contributed by atoms with Gasteiger partial charge in [-0.15, -0.1) is 0 Å². The Hall–Kier alpha value is -1.78. The van der Waals surface area contributed by atoms with E-state index in [1.54, 1.807) is 13.3 Å². The fourth-order valence-corrected chi connectivity index (χ4v) is 1.61. The molecular weight excluding hydrogens is 242 g/mol. The number of ether oxygens (including phenoxy) is 1. The Kier molecular flexibility index (Phi) is 6.12. The fourth-order valence-electron chi connectivity index (χ4n) is 1.61. The normalized spacial score (nSPS) is 11.8. The molecule has 0 saturated heterocycles. The number of carbonyl (C=O) groups excluding carboxylic acids is 1. The van der Waals surface area contributed by atoms with Gasteiger partial charge in [0.15, 0.2) is 5.75 Å². The third-order valence-corrected chi connectivity index (χ3v) is 2.91. The van der Waals surface area contributed by atoms with Gasteiger partial charge in [0.2, 0.25) is 5.91 Å². The summed E-state index contributed by atoms with van der Waals surface area (Å²) >= 11 is 0. The minimum absolute atomic E-state index is 0.0617. The molecule has 0 spiro atoms. The summed E-state index contributed by atoms with van der Waals surface area (Å²) in [7, 11) is 1.60. The lowest BCUT2D eigenvalue weighted by atomic mass is 10.2. The molecule has 1 aromatic rings. The van der Waals surface area contributed by atoms with Crippen LogP contribution < -0.4 is 15.4 Å². The highest BCUT2D eigenvalue weighted by Gasteiger charge is 2.07. The summed E-state index contributed by atoms with van der Waals surface area (Å²) in [5.41, 5.74) is 1.78. The van der Waals surface area contributed by atoms with Crippen LogP contribution in [0.15, 0.2) is 12.3 Å². The van der Waals surface area contributed by atoms with Gasteiger partial charge in [0.1, 0.15) is 0 Å². The van der Waals surface area contributed by atoms with Crippen LogP contribution in [0.2, 0.25) is 0 Å². The average Bonchev–Trinajstić information content (AvgIpc) is 2.38. The molecule has 1 heterocycles. The smallest absolute Gasteiger partial charge is 0.221 e. The average molecular weight is 265 g/mol. The van der Waals surface area contributed by atoms with E-state index in [0.29, 0.717) is 18.7 Å². The molecule has 1 unspecified atom stereocenters. The van der Waals surface area contributed by atoms with Crippen molar-refractivity contribution < 1.29 is 9.53 Å². The lowest BCUT2D eigenvalue weighted by molar-refractivity contribution is -0.121. The first kappa shape index (κ1) is 15.3. The van der Waals surface area contributed by atoms with Crippen molar-refractivity contribution in [1.29, 1.82) is 0 Å². The zero-order chi connectivity index (χ0) is 14.3. The zero-order valence-electron chi connectivity index (χ0n) is 12.1. The first-order valence-corrected chi connectivity index (χ1v) is 6.60. The van der Waals surface area contributed by atoms with Gasteiger partial charge >= 0.3 is 0 Å². The summed E-state index contributed by atoms with van der Waals surface area (Å²) in [5, 5.41) is 6.13. The Bertz CT molecular complexity index is 421. The molecule has 2 N–H and O–H groups in total. The Morgan fingerprint density at radius 3 is 2.89 bits per heavy atom. The number of pyridine rings is 1. The molecule has 0 aliphatic carbocycles. The van der Waals surface area contributed by atoms with E-state index in [0.717, 1.165) is 17.8 Å². The van der Waals surface area contributed by atoms with Crippen LogP contribution in [0.3, 0.4) is 0 Å². The molecular formula is C14H23N3O2. The second-order valence-electron chi connectivity index (χ2n) is 4.58. The molecule has 5 nitrogen and oxygen atoms in total. The maximum Gasteiger partial charge on any atom is 0.221 e. The van der Waals surface area contributed by atoms with E-state index in [1.807, 2.05) is 26.8 Å². The standard InChI is InChI=1S/C14H23N3O2/c1-5-10(2)17-14(18)6-7-15-12-8-11(3)16-9-13(12)19-4/h8-10H,5-7H2,1-4H3,(H,15,16)(H,17,18). The predicted octanol–water partition coefficient (Wildman–Crippen LogP) is 2.12. The van der Waals surface area contributed by atoms with Gasteiger partial charge in [-0.3, -0.25) is 9.78 Å². The molecule has 0 fully saturated rings. The lowest BCUT2D eigenvalue weighted by Gasteiger charge is -2.13. The van der Waals surface area contributed by atoms with E-state index in [4.69, 9.17) is 4.74 Å². The SMILES string of the molecule is CCC(C)NC(=O)CCNc1cc(C)ncc1OC. The molecule has 19 heavy (non-hydrogen) atoms. The number of amides is 1. The van der Waals surface area contributed by atoms with Gasteiger partial charge in [0, 0.05) is 24.7 Å². The number of methoxy groups -OCH3 is 1. The van der Waals surface area contributed by atoms with Gasteiger partial charge in [-0.05, 0) is 26.3 Å². The number of nitrogens with one attached hydrogen (secondary N) is 2. The molecule has 0 saturated carbocycles. The maximum atomic E-state index is 11.6. The van der Waals surface area contributed by atoms with Gasteiger partial charge in [0.25, 0.3) is 0 Å².